The standard InChI is InChI=1S/C16H22N4S/c1-11-5-4-8-17-16(11)13-6-3-7-14(9-13)18-10-15-12(2)19-20-21-15/h4-5,8,13-14,18H,3,6-7,9-10H2,1-2H3/t13-,14-/m0/s1. The van der Waals surface area contributed by atoms with E-state index >= 15 is 0 Å². The highest BCUT2D eigenvalue weighted by Gasteiger charge is 2.25. The van der Waals surface area contributed by atoms with Gasteiger partial charge in [0, 0.05) is 30.4 Å². The molecule has 0 radical (unpaired) electrons. The highest BCUT2D eigenvalue weighted by Crippen LogP contribution is 2.33. The minimum atomic E-state index is 0.576. The minimum absolute atomic E-state index is 0.576. The molecule has 2 aromatic heterocycles. The minimum Gasteiger partial charge on any atom is -0.309 e. The lowest BCUT2D eigenvalue weighted by Gasteiger charge is -2.30. The Morgan fingerprint density at radius 1 is 1.33 bits per heavy atom. The molecule has 1 N–H and O–H groups in total. The van der Waals surface area contributed by atoms with Crippen molar-refractivity contribution in [3.8, 4) is 0 Å². The zero-order valence-electron chi connectivity index (χ0n) is 12.7. The van der Waals surface area contributed by atoms with E-state index in [1.165, 1.54) is 53.4 Å². The van der Waals surface area contributed by atoms with Crippen LogP contribution in [0.3, 0.4) is 0 Å². The van der Waals surface area contributed by atoms with Gasteiger partial charge in [-0.2, -0.15) is 0 Å². The Labute approximate surface area is 130 Å². The molecule has 3 rings (SSSR count). The predicted molar refractivity (Wildman–Crippen MR) is 85.5 cm³/mol. The van der Waals surface area contributed by atoms with E-state index in [-0.39, 0.29) is 0 Å². The van der Waals surface area contributed by atoms with Crippen LogP contribution in [0.1, 0.15) is 53.4 Å². The van der Waals surface area contributed by atoms with Crippen LogP contribution in [0.15, 0.2) is 18.3 Å². The first-order valence-electron chi connectivity index (χ1n) is 7.66. The van der Waals surface area contributed by atoms with Gasteiger partial charge in [-0.25, -0.2) is 0 Å². The van der Waals surface area contributed by atoms with Gasteiger partial charge in [-0.05, 0) is 56.3 Å². The van der Waals surface area contributed by atoms with E-state index in [0.29, 0.717) is 12.0 Å². The number of pyridine rings is 1. The molecule has 0 saturated heterocycles. The fraction of sp³-hybridized carbons (Fsp3) is 0.562. The number of nitrogens with one attached hydrogen (secondary N) is 1. The fourth-order valence-corrected chi connectivity index (χ4v) is 3.78. The first-order valence-corrected chi connectivity index (χ1v) is 8.44. The van der Waals surface area contributed by atoms with E-state index in [1.807, 2.05) is 19.2 Å². The molecule has 0 spiro atoms. The molecule has 1 fully saturated rings. The Morgan fingerprint density at radius 2 is 2.24 bits per heavy atom. The topological polar surface area (TPSA) is 50.7 Å². The molecule has 0 aliphatic heterocycles. The normalized spacial score (nSPS) is 22.4. The first-order chi connectivity index (χ1) is 10.2. The molecule has 2 aromatic rings. The van der Waals surface area contributed by atoms with Gasteiger partial charge in [0.1, 0.15) is 0 Å². The predicted octanol–water partition coefficient (Wildman–Crippen LogP) is 3.37. The molecule has 1 aliphatic rings. The van der Waals surface area contributed by atoms with Gasteiger partial charge >= 0.3 is 0 Å². The molecule has 112 valence electrons. The van der Waals surface area contributed by atoms with Crippen LogP contribution in [-0.2, 0) is 6.54 Å². The van der Waals surface area contributed by atoms with E-state index in [2.05, 4.69) is 32.9 Å². The summed E-state index contributed by atoms with van der Waals surface area (Å²) in [5, 5.41) is 7.76. The van der Waals surface area contributed by atoms with E-state index in [0.717, 1.165) is 12.2 Å². The van der Waals surface area contributed by atoms with Gasteiger partial charge in [-0.15, -0.1) is 5.10 Å². The smallest absolute Gasteiger partial charge is 0.0769 e. The van der Waals surface area contributed by atoms with E-state index in [4.69, 9.17) is 0 Å². The lowest BCUT2D eigenvalue weighted by atomic mass is 9.82. The van der Waals surface area contributed by atoms with Crippen molar-refractivity contribution >= 4 is 11.5 Å². The third kappa shape index (κ3) is 3.47. The lowest BCUT2D eigenvalue weighted by Crippen LogP contribution is -2.33. The molecule has 0 bridgehead atoms. The molecular formula is C16H22N4S. The summed E-state index contributed by atoms with van der Waals surface area (Å²) in [7, 11) is 0. The largest absolute Gasteiger partial charge is 0.309 e. The molecule has 0 amide bonds. The van der Waals surface area contributed by atoms with E-state index in [9.17, 15) is 0 Å². The number of nitrogens with zero attached hydrogens (tertiary/aromatic N) is 3. The van der Waals surface area contributed by atoms with Gasteiger partial charge in [-0.3, -0.25) is 4.98 Å². The second-order valence-electron chi connectivity index (χ2n) is 5.93. The van der Waals surface area contributed by atoms with Crippen LogP contribution in [0, 0.1) is 13.8 Å². The van der Waals surface area contributed by atoms with Gasteiger partial charge < -0.3 is 5.32 Å². The van der Waals surface area contributed by atoms with Crippen LogP contribution in [0.2, 0.25) is 0 Å². The van der Waals surface area contributed by atoms with Crippen molar-refractivity contribution in [3.05, 3.63) is 40.2 Å². The van der Waals surface area contributed by atoms with E-state index in [1.54, 1.807) is 0 Å². The maximum atomic E-state index is 4.61. The Hall–Kier alpha value is -1.33. The van der Waals surface area contributed by atoms with Crippen molar-refractivity contribution in [2.75, 3.05) is 0 Å². The maximum Gasteiger partial charge on any atom is 0.0769 e. The van der Waals surface area contributed by atoms with Gasteiger partial charge in [0.2, 0.25) is 0 Å². The van der Waals surface area contributed by atoms with Crippen molar-refractivity contribution in [1.82, 2.24) is 19.9 Å². The molecule has 0 unspecified atom stereocenters. The summed E-state index contributed by atoms with van der Waals surface area (Å²) >= 11 is 1.50. The van der Waals surface area contributed by atoms with Crippen molar-refractivity contribution in [2.24, 2.45) is 0 Å². The molecule has 2 atom stereocenters. The Bertz CT molecular complexity index is 595. The summed E-state index contributed by atoms with van der Waals surface area (Å²) in [6.45, 7) is 5.09. The zero-order valence-corrected chi connectivity index (χ0v) is 13.5. The molecular weight excluding hydrogens is 280 g/mol. The van der Waals surface area contributed by atoms with Crippen molar-refractivity contribution in [1.29, 1.82) is 0 Å². The Kier molecular flexibility index (Phi) is 4.60. The number of rotatable bonds is 4. The molecule has 5 heteroatoms. The third-order valence-electron chi connectivity index (χ3n) is 4.41. The van der Waals surface area contributed by atoms with Gasteiger partial charge in [0.25, 0.3) is 0 Å². The fourth-order valence-electron chi connectivity index (χ4n) is 3.20. The van der Waals surface area contributed by atoms with Crippen LogP contribution in [0.25, 0.3) is 0 Å². The van der Waals surface area contributed by atoms with Crippen molar-refractivity contribution in [3.63, 3.8) is 0 Å². The highest BCUT2D eigenvalue weighted by atomic mass is 32.1. The molecule has 1 aliphatic carbocycles. The number of aryl methyl sites for hydroxylation is 2. The third-order valence-corrected chi connectivity index (χ3v) is 5.23. The maximum absolute atomic E-state index is 4.61. The number of aromatic nitrogens is 3. The van der Waals surface area contributed by atoms with E-state index < -0.39 is 0 Å². The number of hydrogen-bond acceptors (Lipinski definition) is 5. The quantitative estimate of drug-likeness (QED) is 0.941. The molecule has 1 saturated carbocycles. The summed E-state index contributed by atoms with van der Waals surface area (Å²) < 4.78 is 4.00. The van der Waals surface area contributed by atoms with Gasteiger partial charge in [-0.1, -0.05) is 17.0 Å². The molecule has 2 heterocycles. The second kappa shape index (κ2) is 6.62. The van der Waals surface area contributed by atoms with Crippen LogP contribution in [0.5, 0.6) is 0 Å². The van der Waals surface area contributed by atoms with Crippen molar-refractivity contribution in [2.45, 2.75) is 58.0 Å². The summed E-state index contributed by atoms with van der Waals surface area (Å²) in [4.78, 5) is 5.87. The second-order valence-corrected chi connectivity index (χ2v) is 6.77. The van der Waals surface area contributed by atoms with Crippen LogP contribution in [0.4, 0.5) is 0 Å². The van der Waals surface area contributed by atoms with Gasteiger partial charge in [0.05, 0.1) is 10.6 Å². The van der Waals surface area contributed by atoms with Gasteiger partial charge in [0.15, 0.2) is 0 Å². The van der Waals surface area contributed by atoms with Crippen LogP contribution in [-0.4, -0.2) is 20.6 Å². The first kappa shape index (κ1) is 14.6. The molecule has 0 aromatic carbocycles. The Balaban J connectivity index is 1.61. The zero-order chi connectivity index (χ0) is 14.7. The SMILES string of the molecule is Cc1cccnc1[C@H]1CCC[C@H](NCc2snnc2C)C1. The monoisotopic (exact) mass is 302 g/mol. The summed E-state index contributed by atoms with van der Waals surface area (Å²) in [5.74, 6) is 0.595. The summed E-state index contributed by atoms with van der Waals surface area (Å²) in [6, 6.07) is 4.77. The summed E-state index contributed by atoms with van der Waals surface area (Å²) in [5.41, 5.74) is 3.67. The summed E-state index contributed by atoms with van der Waals surface area (Å²) in [6.07, 6.45) is 6.90. The Morgan fingerprint density at radius 3 is 3.00 bits per heavy atom. The lowest BCUT2D eigenvalue weighted by molar-refractivity contribution is 0.334. The van der Waals surface area contributed by atoms with Crippen LogP contribution >= 0.6 is 11.5 Å². The average Bonchev–Trinajstić information content (AvgIpc) is 2.91. The van der Waals surface area contributed by atoms with Crippen LogP contribution < -0.4 is 5.32 Å². The molecule has 21 heavy (non-hydrogen) atoms. The highest BCUT2D eigenvalue weighted by molar-refractivity contribution is 7.05. The molecule has 4 nitrogen and oxygen atoms in total. The average molecular weight is 302 g/mol. The number of hydrogen-bond donors (Lipinski definition) is 1. The van der Waals surface area contributed by atoms with Crippen molar-refractivity contribution < 1.29 is 0 Å².